The van der Waals surface area contributed by atoms with Crippen LogP contribution in [0.4, 0.5) is 0 Å². The van der Waals surface area contributed by atoms with Crippen LogP contribution in [0.3, 0.4) is 0 Å². The Morgan fingerprint density at radius 3 is 2.87 bits per heavy atom. The smallest absolute Gasteiger partial charge is 0.338 e. The molecule has 2 aromatic heterocycles. The van der Waals surface area contributed by atoms with E-state index in [9.17, 15) is 9.59 Å². The van der Waals surface area contributed by atoms with Gasteiger partial charge in [0.05, 0.1) is 0 Å². The zero-order valence-corrected chi connectivity index (χ0v) is 7.85. The summed E-state index contributed by atoms with van der Waals surface area (Å²) in [7, 11) is 0. The Labute approximate surface area is 83.8 Å². The van der Waals surface area contributed by atoms with Crippen LogP contribution in [0.2, 0.25) is 0 Å². The first-order valence-corrected chi connectivity index (χ1v) is 4.19. The molecule has 5 heteroatoms. The molecule has 0 fully saturated rings. The lowest BCUT2D eigenvalue weighted by molar-refractivity contribution is 0.530. The summed E-state index contributed by atoms with van der Waals surface area (Å²) in [6.07, 6.45) is 1.30. The molecule has 0 unspecified atom stereocenters. The van der Waals surface area contributed by atoms with Crippen LogP contribution in [0.5, 0.6) is 0 Å². The van der Waals surface area contributed by atoms with E-state index in [2.05, 4.69) is 0 Å². The standard InChI is InChI=1S/C10H6N2O3/c1-6-4-7(5-11)10-12(9(6)14)3-2-8(13)15-10/h2-4H,1H3. The van der Waals surface area contributed by atoms with E-state index in [4.69, 9.17) is 9.68 Å². The highest BCUT2D eigenvalue weighted by molar-refractivity contribution is 5.52. The highest BCUT2D eigenvalue weighted by Gasteiger charge is 2.08. The van der Waals surface area contributed by atoms with Crippen molar-refractivity contribution < 1.29 is 4.42 Å². The summed E-state index contributed by atoms with van der Waals surface area (Å²) in [6, 6.07) is 4.41. The van der Waals surface area contributed by atoms with E-state index >= 15 is 0 Å². The molecule has 0 bridgehead atoms. The van der Waals surface area contributed by atoms with Crippen molar-refractivity contribution in [3.8, 4) is 6.07 Å². The predicted molar refractivity (Wildman–Crippen MR) is 51.7 cm³/mol. The van der Waals surface area contributed by atoms with Gasteiger partial charge in [-0.2, -0.15) is 5.26 Å². The summed E-state index contributed by atoms with van der Waals surface area (Å²) in [5.74, 6) is 0. The summed E-state index contributed by atoms with van der Waals surface area (Å²) in [4.78, 5) is 22.6. The number of rotatable bonds is 0. The highest BCUT2D eigenvalue weighted by Crippen LogP contribution is 2.06. The van der Waals surface area contributed by atoms with E-state index in [0.29, 0.717) is 5.56 Å². The second kappa shape index (κ2) is 3.10. The monoisotopic (exact) mass is 202 g/mol. The van der Waals surface area contributed by atoms with Crippen molar-refractivity contribution in [1.29, 1.82) is 5.26 Å². The molecule has 0 radical (unpaired) electrons. The topological polar surface area (TPSA) is 75.5 Å². The maximum atomic E-state index is 11.6. The molecule has 0 aromatic carbocycles. The number of aromatic nitrogens is 1. The van der Waals surface area contributed by atoms with Gasteiger partial charge in [-0.3, -0.25) is 9.20 Å². The normalized spacial score (nSPS) is 10.1. The largest absolute Gasteiger partial charge is 0.404 e. The van der Waals surface area contributed by atoms with Crippen LogP contribution >= 0.6 is 0 Å². The minimum Gasteiger partial charge on any atom is -0.404 e. The molecule has 2 rings (SSSR count). The molecule has 0 N–H and O–H groups in total. The molecule has 0 aliphatic rings. The van der Waals surface area contributed by atoms with Crippen molar-refractivity contribution in [1.82, 2.24) is 4.40 Å². The number of hydrogen-bond donors (Lipinski definition) is 0. The molecule has 5 nitrogen and oxygen atoms in total. The van der Waals surface area contributed by atoms with E-state index in [0.717, 1.165) is 10.5 Å². The van der Waals surface area contributed by atoms with Crippen molar-refractivity contribution in [2.45, 2.75) is 6.92 Å². The van der Waals surface area contributed by atoms with Crippen molar-refractivity contribution in [3.05, 3.63) is 50.2 Å². The Bertz CT molecular complexity index is 688. The van der Waals surface area contributed by atoms with Gasteiger partial charge < -0.3 is 4.42 Å². The molecule has 0 atom stereocenters. The molecule has 0 spiro atoms. The van der Waals surface area contributed by atoms with Gasteiger partial charge in [0.15, 0.2) is 0 Å². The van der Waals surface area contributed by atoms with Crippen molar-refractivity contribution in [2.24, 2.45) is 0 Å². The lowest BCUT2D eigenvalue weighted by Crippen LogP contribution is -2.18. The molecule has 0 aliphatic carbocycles. The molecule has 0 saturated heterocycles. The molecular formula is C10H6N2O3. The molecule has 74 valence electrons. The number of fused-ring (bicyclic) bond motifs is 1. The van der Waals surface area contributed by atoms with E-state index < -0.39 is 5.63 Å². The Morgan fingerprint density at radius 2 is 2.20 bits per heavy atom. The molecule has 2 aromatic rings. The van der Waals surface area contributed by atoms with Crippen LogP contribution in [0, 0.1) is 18.3 Å². The van der Waals surface area contributed by atoms with Crippen molar-refractivity contribution in [2.75, 3.05) is 0 Å². The molecule has 0 aliphatic heterocycles. The van der Waals surface area contributed by atoms with Gasteiger partial charge in [-0.15, -0.1) is 0 Å². The van der Waals surface area contributed by atoms with Crippen LogP contribution in [0.15, 0.2) is 32.3 Å². The number of aryl methyl sites for hydroxylation is 1. The number of nitrogens with zero attached hydrogens (tertiary/aromatic N) is 2. The third-order valence-electron chi connectivity index (χ3n) is 2.04. The summed E-state index contributed by atoms with van der Waals surface area (Å²) in [5, 5.41) is 8.81. The average molecular weight is 202 g/mol. The highest BCUT2D eigenvalue weighted by atomic mass is 16.4. The van der Waals surface area contributed by atoms with Crippen molar-refractivity contribution in [3.63, 3.8) is 0 Å². The zero-order valence-electron chi connectivity index (χ0n) is 7.85. The third kappa shape index (κ3) is 1.32. The Kier molecular flexibility index (Phi) is 1.90. The summed E-state index contributed by atoms with van der Waals surface area (Å²) in [6.45, 7) is 1.60. The minimum atomic E-state index is -0.588. The number of hydrogen-bond acceptors (Lipinski definition) is 4. The minimum absolute atomic E-state index is 0.0133. The van der Waals surface area contributed by atoms with Crippen LogP contribution < -0.4 is 11.2 Å². The van der Waals surface area contributed by atoms with Gasteiger partial charge in [0.25, 0.3) is 5.56 Å². The average Bonchev–Trinajstić information content (AvgIpc) is 2.23. The second-order valence-corrected chi connectivity index (χ2v) is 3.07. The van der Waals surface area contributed by atoms with Crippen LogP contribution in [0.1, 0.15) is 11.1 Å². The van der Waals surface area contributed by atoms with Gasteiger partial charge in [0, 0.05) is 17.8 Å². The Balaban J connectivity index is 3.12. The first kappa shape index (κ1) is 9.21. The van der Waals surface area contributed by atoms with E-state index in [1.54, 1.807) is 6.92 Å². The first-order valence-electron chi connectivity index (χ1n) is 4.19. The summed E-state index contributed by atoms with van der Waals surface area (Å²) < 4.78 is 5.95. The van der Waals surface area contributed by atoms with Gasteiger partial charge >= 0.3 is 5.63 Å². The van der Waals surface area contributed by atoms with Gasteiger partial charge in [-0.1, -0.05) is 0 Å². The third-order valence-corrected chi connectivity index (χ3v) is 2.04. The maximum Gasteiger partial charge on any atom is 0.338 e. The van der Waals surface area contributed by atoms with Gasteiger partial charge in [-0.05, 0) is 13.0 Å². The van der Waals surface area contributed by atoms with Crippen LogP contribution in [-0.4, -0.2) is 4.40 Å². The molecule has 2 heterocycles. The second-order valence-electron chi connectivity index (χ2n) is 3.07. The van der Waals surface area contributed by atoms with Crippen LogP contribution in [-0.2, 0) is 0 Å². The van der Waals surface area contributed by atoms with Gasteiger partial charge in [0.2, 0.25) is 5.71 Å². The lowest BCUT2D eigenvalue weighted by Gasteiger charge is -2.01. The molecule has 0 saturated carbocycles. The quantitative estimate of drug-likeness (QED) is 0.620. The van der Waals surface area contributed by atoms with Gasteiger partial charge in [0.1, 0.15) is 11.6 Å². The van der Waals surface area contributed by atoms with Gasteiger partial charge in [-0.25, -0.2) is 4.79 Å². The lowest BCUT2D eigenvalue weighted by atomic mass is 10.2. The van der Waals surface area contributed by atoms with E-state index in [1.807, 2.05) is 6.07 Å². The Hall–Kier alpha value is -2.35. The fraction of sp³-hybridized carbons (Fsp3) is 0.100. The summed E-state index contributed by atoms with van der Waals surface area (Å²) in [5.41, 5.74) is -0.300. The van der Waals surface area contributed by atoms with Crippen molar-refractivity contribution >= 4 is 5.71 Å². The number of pyridine rings is 1. The molecule has 0 amide bonds. The van der Waals surface area contributed by atoms with E-state index in [-0.39, 0.29) is 16.8 Å². The maximum absolute atomic E-state index is 11.6. The fourth-order valence-electron chi connectivity index (χ4n) is 1.34. The Morgan fingerprint density at radius 1 is 1.47 bits per heavy atom. The predicted octanol–water partition coefficient (Wildman–Crippen LogP) is 0.433. The molecular weight excluding hydrogens is 196 g/mol. The summed E-state index contributed by atoms with van der Waals surface area (Å²) >= 11 is 0. The van der Waals surface area contributed by atoms with Crippen LogP contribution in [0.25, 0.3) is 5.71 Å². The van der Waals surface area contributed by atoms with E-state index in [1.165, 1.54) is 12.3 Å². The first-order chi connectivity index (χ1) is 7.13. The zero-order chi connectivity index (χ0) is 11.0. The number of nitriles is 1. The SMILES string of the molecule is Cc1cc(C#N)c2oc(=O)ccn2c1=O. The molecule has 15 heavy (non-hydrogen) atoms. The fourth-order valence-corrected chi connectivity index (χ4v) is 1.34.